The fourth-order valence-corrected chi connectivity index (χ4v) is 11.5. The maximum absolute atomic E-state index is 10.3. The van der Waals surface area contributed by atoms with Gasteiger partial charge in [-0.25, -0.2) is 0 Å². The van der Waals surface area contributed by atoms with Crippen LogP contribution in [0.3, 0.4) is 0 Å². The summed E-state index contributed by atoms with van der Waals surface area (Å²) < 4.78 is 328. The van der Waals surface area contributed by atoms with Gasteiger partial charge in [0.1, 0.15) is 17.2 Å². The van der Waals surface area contributed by atoms with Gasteiger partial charge < -0.3 is 14.0 Å². The van der Waals surface area contributed by atoms with Crippen molar-refractivity contribution in [1.29, 1.82) is 0 Å². The van der Waals surface area contributed by atoms with Crippen LogP contribution < -0.4 is 41.1 Å². The normalized spacial score (nSPS) is 20.7. The number of nitrogens with zero attached hydrogens (tertiary/aromatic N) is 1. The van der Waals surface area contributed by atoms with Gasteiger partial charge in [0.05, 0.1) is 63.3 Å². The molecule has 1 aromatic heterocycles. The van der Waals surface area contributed by atoms with E-state index in [0.717, 1.165) is 10.6 Å². The first-order chi connectivity index (χ1) is 43.4. The van der Waals surface area contributed by atoms with Crippen LogP contribution in [0.15, 0.2) is 218 Å². The van der Waals surface area contributed by atoms with E-state index in [-0.39, 0.29) is 16.7 Å². The summed E-state index contributed by atoms with van der Waals surface area (Å²) in [4.78, 5) is 0. The Morgan fingerprint density at radius 2 is 1.00 bits per heavy atom. The van der Waals surface area contributed by atoms with Crippen molar-refractivity contribution in [2.75, 3.05) is 0 Å². The highest BCUT2D eigenvalue weighted by molar-refractivity contribution is 7.20. The Morgan fingerprint density at radius 1 is 0.458 bits per heavy atom. The van der Waals surface area contributed by atoms with Crippen molar-refractivity contribution in [3.8, 4) is 45.2 Å². The van der Waals surface area contributed by atoms with E-state index in [1.54, 1.807) is 0 Å². The van der Waals surface area contributed by atoms with Crippen LogP contribution in [0.1, 0.15) is 46.6 Å². The van der Waals surface area contributed by atoms with Gasteiger partial charge in [0, 0.05) is 33.3 Å². The number of benzene rings is 9. The van der Waals surface area contributed by atoms with Gasteiger partial charge in [-0.05, 0) is 67.7 Å². The molecule has 0 radical (unpaired) electrons. The highest BCUT2D eigenvalue weighted by Gasteiger charge is 2.44. The molecule has 0 unspecified atom stereocenters. The monoisotopic (exact) mass is 803 g/mol. The van der Waals surface area contributed by atoms with Gasteiger partial charge in [0.15, 0.2) is 8.07 Å². The minimum atomic E-state index is -6.62. The Labute approximate surface area is 392 Å². The summed E-state index contributed by atoms with van der Waals surface area (Å²) in [5, 5.41) is -5.70. The third kappa shape index (κ3) is 5.08. The molecule has 10 aromatic rings. The Hall–Kier alpha value is -7.34. The molecule has 5 heteroatoms. The Morgan fingerprint density at radius 3 is 1.64 bits per heavy atom. The molecule has 59 heavy (non-hydrogen) atoms. The van der Waals surface area contributed by atoms with Crippen LogP contribution in [-0.2, 0) is 0 Å². The summed E-state index contributed by atoms with van der Waals surface area (Å²) in [6.45, 7) is -1.91. The van der Waals surface area contributed by atoms with E-state index in [4.69, 9.17) is 34.1 Å². The van der Waals surface area contributed by atoms with Gasteiger partial charge in [0.25, 0.3) is 0 Å². The van der Waals surface area contributed by atoms with Crippen molar-refractivity contribution < 1.29 is 56.0 Å². The lowest BCUT2D eigenvalue weighted by molar-refractivity contribution is 0.479. The molecule has 0 atom stereocenters. The Bertz CT molecular complexity index is 4910. The molecule has 276 valence electrons. The van der Waals surface area contributed by atoms with Crippen molar-refractivity contribution in [2.45, 2.75) is 0 Å². The molecule has 2 aliphatic heterocycles. The number of aromatic nitrogens is 1. The average molecular weight is 804 g/mol. The van der Waals surface area contributed by atoms with Crippen LogP contribution in [0.2, 0.25) is 0 Å². The molecule has 0 fully saturated rings. The number of para-hydroxylation sites is 3. The molecule has 0 saturated carbocycles. The van der Waals surface area contributed by atoms with E-state index in [1.165, 1.54) is 6.07 Å². The summed E-state index contributed by atoms with van der Waals surface area (Å²) in [5.41, 5.74) is -5.01. The van der Waals surface area contributed by atoms with E-state index in [0.29, 0.717) is 0 Å². The second-order valence-electron chi connectivity index (χ2n) is 13.0. The standard InChI is InChI=1S/C54H36BNO2Si/c1-4-18-39(19-5-1)59(40-20-6-2-7-21-40,41-22-8-3-9-23-41)53-31-17-13-24-42(53)37-32-33-47-51(34-37)57-52-36-38(35-46-45-27-12-16-30-50(45)58-55(47)54(46)52)56-48-28-14-10-25-43(48)44-26-11-15-29-49(44)56/h1-36H/i1D,2D,3D,4D,5D,6D,7D,8D,9D,10D,11D,12D,13D,14D,15D,16D,17D,18D,19D,20D,21D,22D,23D,24D,25D,26D,27D,28D,29D,30D,31D,32D,33D,34D. The zero-order valence-electron chi connectivity index (χ0n) is 63.5. The van der Waals surface area contributed by atoms with E-state index < -0.39 is 302 Å². The van der Waals surface area contributed by atoms with Crippen LogP contribution in [-0.4, -0.2) is 19.6 Å². The molecule has 0 saturated heterocycles. The van der Waals surface area contributed by atoms with Gasteiger partial charge in [0.2, 0.25) is 0 Å². The summed E-state index contributed by atoms with van der Waals surface area (Å²) in [5.74, 6) is -2.03. The topological polar surface area (TPSA) is 23.4 Å². The van der Waals surface area contributed by atoms with Crippen LogP contribution in [0.5, 0.6) is 17.2 Å². The van der Waals surface area contributed by atoms with Crippen LogP contribution in [0.25, 0.3) is 49.7 Å². The third-order valence-corrected chi connectivity index (χ3v) is 14.2. The van der Waals surface area contributed by atoms with Crippen molar-refractivity contribution in [3.05, 3.63) is 218 Å². The van der Waals surface area contributed by atoms with Crippen molar-refractivity contribution in [3.63, 3.8) is 0 Å². The smallest absolute Gasteiger partial charge is 0.434 e. The maximum Gasteiger partial charge on any atom is 0.434 e. The fraction of sp³-hybridized carbons (Fsp3) is 0. The first-order valence-electron chi connectivity index (χ1n) is 34.5. The average Bonchev–Trinajstić information content (AvgIpc) is 0.936. The molecule has 0 N–H and O–H groups in total. The predicted octanol–water partition coefficient (Wildman–Crippen LogP) is 9.10. The van der Waals surface area contributed by atoms with Gasteiger partial charge in [-0.15, -0.1) is 0 Å². The largest absolute Gasteiger partial charge is 0.551 e. The number of hydrogen-bond donors (Lipinski definition) is 0. The Kier molecular flexibility index (Phi) is 3.22. The zero-order valence-corrected chi connectivity index (χ0v) is 30.5. The van der Waals surface area contributed by atoms with Crippen molar-refractivity contribution in [1.82, 2.24) is 4.57 Å². The van der Waals surface area contributed by atoms with E-state index in [2.05, 4.69) is 0 Å². The minimum absolute atomic E-state index is 0.217. The van der Waals surface area contributed by atoms with E-state index in [9.17, 15) is 21.9 Å². The predicted molar refractivity (Wildman–Crippen MR) is 247 cm³/mol. The first-order valence-corrected chi connectivity index (χ1v) is 19.5. The maximum atomic E-state index is 10.3. The molecule has 2 aliphatic rings. The lowest BCUT2D eigenvalue weighted by Gasteiger charge is -2.36. The lowest BCUT2D eigenvalue weighted by Crippen LogP contribution is -2.75. The summed E-state index contributed by atoms with van der Waals surface area (Å²) in [6.07, 6.45) is 0. The third-order valence-electron chi connectivity index (χ3n) is 10.1. The summed E-state index contributed by atoms with van der Waals surface area (Å²) in [7, 11) is -6.62. The summed E-state index contributed by atoms with van der Waals surface area (Å²) in [6, 6.07) is -35.0. The van der Waals surface area contributed by atoms with Crippen LogP contribution in [0, 0.1) is 0 Å². The van der Waals surface area contributed by atoms with E-state index in [1.807, 2.05) is 0 Å². The minimum Gasteiger partial charge on any atom is -0.551 e. The van der Waals surface area contributed by atoms with E-state index >= 15 is 0 Å². The molecule has 9 aromatic carbocycles. The SMILES string of the molecule is [2H]c1c([2H])c([2H])c([Si](c2c([2H])c([2H])c([2H])c([2H])c2[2H])(c2c([2H])c([2H])c([2H])c([2H])c2[2H])c2c([2H])c([2H])c([2H])c([2H])c2-c2c([2H])c([2H])c3c(c2[2H])Oc2cc(-n4c5c([2H])c([2H])c([2H])c([2H])c5c5c([2H])c([2H])c([2H])c([2H])c54)cc4c2B3Oc2c([2H])c([2H])c([2H])c([2H])c2-4)c([2H])c1[2H]. The lowest BCUT2D eigenvalue weighted by atomic mass is 9.50. The van der Waals surface area contributed by atoms with Crippen LogP contribution >= 0.6 is 0 Å². The van der Waals surface area contributed by atoms with Crippen molar-refractivity contribution in [2.24, 2.45) is 0 Å². The molecule has 3 nitrogen and oxygen atoms in total. The summed E-state index contributed by atoms with van der Waals surface area (Å²) >= 11 is 0. The zero-order chi connectivity index (χ0) is 68.5. The second kappa shape index (κ2) is 13.4. The molecular weight excluding hydrogens is 733 g/mol. The number of ether oxygens (including phenoxy) is 1. The number of rotatable bonds is 6. The molecule has 0 bridgehead atoms. The first kappa shape index (κ1) is 14.2. The highest BCUT2D eigenvalue weighted by Crippen LogP contribution is 2.42. The van der Waals surface area contributed by atoms with Crippen LogP contribution in [0.4, 0.5) is 0 Å². The van der Waals surface area contributed by atoms with Gasteiger partial charge in [-0.3, -0.25) is 0 Å². The number of hydrogen-bond acceptors (Lipinski definition) is 2. The van der Waals surface area contributed by atoms with Crippen molar-refractivity contribution >= 4 is 68.5 Å². The van der Waals surface area contributed by atoms with Gasteiger partial charge >= 0.3 is 6.92 Å². The molecule has 3 heterocycles. The molecule has 0 amide bonds. The molecule has 0 aliphatic carbocycles. The van der Waals surface area contributed by atoms with Gasteiger partial charge in [-0.2, -0.15) is 0 Å². The molecule has 12 rings (SSSR count). The number of fused-ring (bicyclic) bond motifs is 7. The Balaban J connectivity index is 1.30. The fourth-order valence-electron chi connectivity index (χ4n) is 7.68. The highest BCUT2D eigenvalue weighted by atomic mass is 28.3. The molecular formula is C54H36BNO2Si. The molecule has 0 spiro atoms. The quantitative estimate of drug-likeness (QED) is 0.124. The second-order valence-corrected chi connectivity index (χ2v) is 16.5. The van der Waals surface area contributed by atoms with Gasteiger partial charge in [-0.1, -0.05) is 181 Å².